The number of hydrogen-bond acceptors (Lipinski definition) is 13. The Kier molecular flexibility index (Phi) is 9.06. The fourth-order valence-electron chi connectivity index (χ4n) is 3.30. The van der Waals surface area contributed by atoms with E-state index in [2.05, 4.69) is 15.5 Å². The molecule has 0 unspecified atom stereocenters. The summed E-state index contributed by atoms with van der Waals surface area (Å²) < 4.78 is 5.04. The summed E-state index contributed by atoms with van der Waals surface area (Å²) in [5, 5.41) is 18.8. The molecule has 4 heterocycles. The second kappa shape index (κ2) is 11.6. The van der Waals surface area contributed by atoms with Crippen LogP contribution in [0.3, 0.4) is 0 Å². The summed E-state index contributed by atoms with van der Waals surface area (Å²) in [5.74, 6) is -2.48. The van der Waals surface area contributed by atoms with Gasteiger partial charge in [-0.1, -0.05) is 16.9 Å². The van der Waals surface area contributed by atoms with Gasteiger partial charge >= 0.3 is 29.6 Å². The third kappa shape index (κ3) is 5.59. The van der Waals surface area contributed by atoms with E-state index in [1.54, 1.807) is 6.07 Å². The van der Waals surface area contributed by atoms with Crippen molar-refractivity contribution in [3.05, 3.63) is 46.5 Å². The van der Waals surface area contributed by atoms with Crippen LogP contribution in [-0.2, 0) is 19.2 Å². The summed E-state index contributed by atoms with van der Waals surface area (Å²) in [6.07, 6.45) is 1.36. The van der Waals surface area contributed by atoms with Crippen molar-refractivity contribution < 1.29 is 63.1 Å². The van der Waals surface area contributed by atoms with E-state index >= 15 is 0 Å². The van der Waals surface area contributed by atoms with Crippen LogP contribution in [0.4, 0.5) is 5.13 Å². The van der Waals surface area contributed by atoms with Crippen molar-refractivity contribution in [2.75, 3.05) is 24.3 Å². The smallest absolute Gasteiger partial charge is 0.543 e. The van der Waals surface area contributed by atoms with Gasteiger partial charge in [0.1, 0.15) is 24.2 Å². The Bertz CT molecular complexity index is 1210. The van der Waals surface area contributed by atoms with Gasteiger partial charge in [-0.15, -0.1) is 23.1 Å². The van der Waals surface area contributed by atoms with Gasteiger partial charge in [0.05, 0.1) is 17.9 Å². The minimum absolute atomic E-state index is 0. The van der Waals surface area contributed by atoms with Gasteiger partial charge in [0.15, 0.2) is 16.6 Å². The average Bonchev–Trinajstić information content (AvgIpc) is 3.50. The predicted molar refractivity (Wildman–Crippen MR) is 123 cm³/mol. The largest absolute Gasteiger partial charge is 1.00 e. The minimum atomic E-state index is -1.54. The van der Waals surface area contributed by atoms with E-state index < -0.39 is 29.2 Å². The molecule has 0 aliphatic carbocycles. The van der Waals surface area contributed by atoms with E-state index in [-0.39, 0.29) is 74.2 Å². The molecule has 178 valence electrons. The van der Waals surface area contributed by atoms with Gasteiger partial charge in [-0.05, 0) is 17.7 Å². The molecule has 35 heavy (non-hydrogen) atoms. The molecular formula is C19H16N5NaO7S3. The number of aromatic nitrogens is 1. The van der Waals surface area contributed by atoms with E-state index in [0.29, 0.717) is 5.57 Å². The number of anilines is 1. The van der Waals surface area contributed by atoms with Crippen LogP contribution in [0.25, 0.3) is 0 Å². The molecule has 0 aromatic carbocycles. The summed E-state index contributed by atoms with van der Waals surface area (Å²) in [6.45, 7) is 0. The molecule has 1 fully saturated rings. The number of rotatable bonds is 8. The number of oxime groups is 1. The molecular weight excluding hydrogens is 529 g/mol. The Morgan fingerprint density at radius 3 is 2.83 bits per heavy atom. The normalized spacial score (nSPS) is 19.4. The van der Waals surface area contributed by atoms with Crippen molar-refractivity contribution in [3.8, 4) is 0 Å². The minimum Gasteiger partial charge on any atom is -0.543 e. The maximum atomic E-state index is 12.8. The van der Waals surface area contributed by atoms with Gasteiger partial charge in [0.25, 0.3) is 16.9 Å². The van der Waals surface area contributed by atoms with Crippen LogP contribution >= 0.6 is 34.9 Å². The van der Waals surface area contributed by atoms with Crippen LogP contribution in [0.5, 0.6) is 0 Å². The molecule has 1 saturated heterocycles. The van der Waals surface area contributed by atoms with E-state index in [1.165, 1.54) is 36.6 Å². The summed E-state index contributed by atoms with van der Waals surface area (Å²) in [6, 6.07) is 2.08. The van der Waals surface area contributed by atoms with Crippen molar-refractivity contribution in [2.24, 2.45) is 5.16 Å². The number of amides is 2. The molecule has 3 N–H and O–H groups in total. The number of carboxylic acids is 1. The first-order chi connectivity index (χ1) is 16.3. The van der Waals surface area contributed by atoms with Gasteiger partial charge in [-0.25, -0.2) is 4.98 Å². The van der Waals surface area contributed by atoms with E-state index in [9.17, 15) is 24.3 Å². The van der Waals surface area contributed by atoms with Gasteiger partial charge < -0.3 is 30.2 Å². The van der Waals surface area contributed by atoms with Gasteiger partial charge in [-0.3, -0.25) is 19.3 Å². The molecule has 0 bridgehead atoms. The first-order valence-electron chi connectivity index (χ1n) is 9.53. The topological polar surface area (TPSA) is 180 Å². The number of furan rings is 1. The van der Waals surface area contributed by atoms with E-state index in [4.69, 9.17) is 15.0 Å². The summed E-state index contributed by atoms with van der Waals surface area (Å²) in [5.41, 5.74) is 5.68. The molecule has 0 radical (unpaired) electrons. The summed E-state index contributed by atoms with van der Waals surface area (Å²) >= 11 is 3.22. The molecule has 2 aliphatic heterocycles. The molecule has 2 atom stereocenters. The van der Waals surface area contributed by atoms with E-state index in [1.807, 2.05) is 0 Å². The Morgan fingerprint density at radius 1 is 1.46 bits per heavy atom. The first kappa shape index (κ1) is 27.3. The van der Waals surface area contributed by atoms with Gasteiger partial charge in [0, 0.05) is 16.9 Å². The molecule has 0 spiro atoms. The number of β-lactam (4-membered cyclic amide) rings is 1. The Balaban J connectivity index is 0.00000342. The molecule has 12 nitrogen and oxygen atoms in total. The van der Waals surface area contributed by atoms with Crippen LogP contribution in [0.1, 0.15) is 16.2 Å². The second-order valence-electron chi connectivity index (χ2n) is 6.85. The van der Waals surface area contributed by atoms with Crippen LogP contribution in [0.15, 0.2) is 44.6 Å². The third-order valence-corrected chi connectivity index (χ3v) is 7.76. The molecule has 0 saturated carbocycles. The molecule has 2 aliphatic rings. The van der Waals surface area contributed by atoms with Crippen LogP contribution < -0.4 is 45.7 Å². The number of nitrogens with two attached hydrogens (primary N) is 1. The van der Waals surface area contributed by atoms with Gasteiger partial charge in [0.2, 0.25) is 0 Å². The van der Waals surface area contributed by atoms with E-state index in [0.717, 1.165) is 28.0 Å². The standard InChI is InChI=1S/C19H17N5O7S3.Na/c1-30-23-11(9-7-34-19(20)21-9)14(25)22-12-15(26)24-13(17(27)28)8(5-32-16(12)24)6-33-18(29)10-3-2-4-31-10;/h2-4,7,12,16H,5-6H2,1H3,(H2,20,21)(H,22,25)(H,27,28);/q;+1/p-1/t12-,16-;/m1./s1. The first-order valence-corrected chi connectivity index (χ1v) is 12.4. The fraction of sp³-hybridized carbons (Fsp3) is 0.263. The van der Waals surface area contributed by atoms with Crippen LogP contribution in [0.2, 0.25) is 0 Å². The maximum Gasteiger partial charge on any atom is 1.00 e. The Labute approximate surface area is 233 Å². The predicted octanol–water partition coefficient (Wildman–Crippen LogP) is -3.35. The van der Waals surface area contributed by atoms with Crippen molar-refractivity contribution in [2.45, 2.75) is 11.4 Å². The number of fused-ring (bicyclic) bond motifs is 1. The Hall–Kier alpha value is -2.30. The zero-order chi connectivity index (χ0) is 24.4. The van der Waals surface area contributed by atoms with Crippen molar-refractivity contribution >= 4 is 68.6 Å². The summed E-state index contributed by atoms with van der Waals surface area (Å²) in [4.78, 5) is 59.4. The monoisotopic (exact) mass is 545 g/mol. The second-order valence-corrected chi connectivity index (χ2v) is 9.79. The Morgan fingerprint density at radius 2 is 2.23 bits per heavy atom. The molecule has 2 amide bonds. The molecule has 4 rings (SSSR count). The van der Waals surface area contributed by atoms with Crippen molar-refractivity contribution in [1.29, 1.82) is 0 Å². The maximum absolute atomic E-state index is 12.8. The molecule has 16 heteroatoms. The number of thiazole rings is 1. The van der Waals surface area contributed by atoms with Crippen LogP contribution in [0, 0.1) is 0 Å². The quantitative estimate of drug-likeness (QED) is 0.146. The number of hydrogen-bond donors (Lipinski definition) is 2. The van der Waals surface area contributed by atoms with Crippen molar-refractivity contribution in [3.63, 3.8) is 0 Å². The number of nitrogen functional groups attached to an aromatic ring is 1. The van der Waals surface area contributed by atoms with Crippen molar-refractivity contribution in [1.82, 2.24) is 15.2 Å². The third-order valence-electron chi connectivity index (χ3n) is 4.79. The molecule has 2 aromatic heterocycles. The summed E-state index contributed by atoms with van der Waals surface area (Å²) in [7, 11) is 1.25. The number of thioether (sulfide) groups is 2. The average molecular weight is 546 g/mol. The number of carboxylic acid groups (broad SMARTS) is 1. The number of carbonyl (C=O) groups is 4. The SMILES string of the molecule is CON=C(C(=O)N[C@@H]1C(=O)N2C(C(=O)[O-])=C(CSC(=O)c3ccco3)CS[C@H]12)c1csc(N)n1.[Na+]. The van der Waals surface area contributed by atoms with Crippen LogP contribution in [-0.4, -0.2) is 68.5 Å². The molecule has 2 aromatic rings. The number of nitrogens with one attached hydrogen (secondary N) is 1. The zero-order valence-electron chi connectivity index (χ0n) is 18.4. The van der Waals surface area contributed by atoms with Gasteiger partial charge in [-0.2, -0.15) is 0 Å². The number of aliphatic carboxylic acids is 1. The number of carbonyl (C=O) groups excluding carboxylic acids is 4. The zero-order valence-corrected chi connectivity index (χ0v) is 22.8. The fourth-order valence-corrected chi connectivity index (χ4v) is 6.13. The number of nitrogens with zero attached hydrogens (tertiary/aromatic N) is 3.